The van der Waals surface area contributed by atoms with E-state index in [1.54, 1.807) is 0 Å². The van der Waals surface area contributed by atoms with E-state index in [0.29, 0.717) is 24.5 Å². The molecule has 0 radical (unpaired) electrons. The summed E-state index contributed by atoms with van der Waals surface area (Å²) in [7, 11) is 0. The number of nitrogens with zero attached hydrogens (tertiary/aromatic N) is 1. The maximum absolute atomic E-state index is 5.78. The zero-order valence-electron chi connectivity index (χ0n) is 18.1. The van der Waals surface area contributed by atoms with E-state index in [1.807, 2.05) is 6.92 Å². The van der Waals surface area contributed by atoms with Crippen molar-refractivity contribution in [2.45, 2.75) is 38.8 Å². The van der Waals surface area contributed by atoms with Crippen LogP contribution in [-0.4, -0.2) is 11.2 Å². The van der Waals surface area contributed by atoms with E-state index in [2.05, 4.69) is 89.6 Å². The first-order valence-corrected chi connectivity index (χ1v) is 11.5. The third-order valence-corrected chi connectivity index (χ3v) is 7.12. The van der Waals surface area contributed by atoms with Crippen LogP contribution >= 0.6 is 0 Å². The quantitative estimate of drug-likeness (QED) is 0.367. The lowest BCUT2D eigenvalue weighted by Crippen LogP contribution is -2.29. The Morgan fingerprint density at radius 2 is 1.84 bits per heavy atom. The summed E-state index contributed by atoms with van der Waals surface area (Å²) in [5.41, 5.74) is 6.63. The van der Waals surface area contributed by atoms with Gasteiger partial charge in [-0.1, -0.05) is 36.4 Å². The van der Waals surface area contributed by atoms with Crippen LogP contribution in [0, 0.1) is 5.92 Å². The van der Waals surface area contributed by atoms with E-state index in [0.717, 1.165) is 18.7 Å². The van der Waals surface area contributed by atoms with Gasteiger partial charge in [0.25, 0.3) is 0 Å². The Balaban J connectivity index is 1.46. The molecule has 6 rings (SSSR count). The lowest BCUT2D eigenvalue weighted by atomic mass is 9.77. The Hall–Kier alpha value is -3.20. The molecule has 31 heavy (non-hydrogen) atoms. The van der Waals surface area contributed by atoms with Crippen LogP contribution in [0.3, 0.4) is 0 Å². The Labute approximate surface area is 183 Å². The lowest BCUT2D eigenvalue weighted by molar-refractivity contribution is 0.338. The molecule has 1 aliphatic carbocycles. The smallest absolute Gasteiger partial charge is 0.119 e. The Bertz CT molecular complexity index is 1320. The number of allylic oxidation sites excluding steroid dienone is 2. The molecule has 3 heteroatoms. The van der Waals surface area contributed by atoms with Crippen molar-refractivity contribution < 1.29 is 4.74 Å². The molecule has 3 nitrogen and oxygen atoms in total. The van der Waals surface area contributed by atoms with Crippen molar-refractivity contribution in [2.24, 2.45) is 5.92 Å². The van der Waals surface area contributed by atoms with Gasteiger partial charge < -0.3 is 14.6 Å². The van der Waals surface area contributed by atoms with Crippen LogP contribution in [0.5, 0.6) is 5.75 Å². The molecule has 156 valence electrons. The molecule has 2 heterocycles. The van der Waals surface area contributed by atoms with Crippen molar-refractivity contribution in [2.75, 3.05) is 11.9 Å². The average Bonchev–Trinajstić information content (AvgIpc) is 3.42. The number of rotatable bonds is 4. The molecule has 3 atom stereocenters. The van der Waals surface area contributed by atoms with Gasteiger partial charge in [-0.3, -0.25) is 0 Å². The summed E-state index contributed by atoms with van der Waals surface area (Å²) in [6.07, 6.45) is 5.86. The van der Waals surface area contributed by atoms with Gasteiger partial charge in [0, 0.05) is 40.0 Å². The molecule has 1 N–H and O–H groups in total. The second-order valence-electron chi connectivity index (χ2n) is 8.70. The second-order valence-corrected chi connectivity index (χ2v) is 8.70. The number of aromatic nitrogens is 1. The van der Waals surface area contributed by atoms with Crippen molar-refractivity contribution >= 4 is 27.5 Å². The van der Waals surface area contributed by atoms with Crippen molar-refractivity contribution in [1.82, 2.24) is 4.57 Å². The zero-order chi connectivity index (χ0) is 20.9. The highest BCUT2D eigenvalue weighted by Crippen LogP contribution is 2.51. The maximum Gasteiger partial charge on any atom is 0.119 e. The molecule has 1 aliphatic heterocycles. The van der Waals surface area contributed by atoms with Gasteiger partial charge >= 0.3 is 0 Å². The molecule has 0 bridgehead atoms. The number of nitrogens with one attached hydrogen (secondary N) is 1. The molecule has 4 aromatic rings. The fraction of sp³-hybridized carbons (Fsp3) is 0.286. The van der Waals surface area contributed by atoms with Gasteiger partial charge in [0.05, 0.1) is 12.6 Å². The van der Waals surface area contributed by atoms with Crippen LogP contribution in [0.1, 0.15) is 43.4 Å². The van der Waals surface area contributed by atoms with Crippen molar-refractivity contribution in [1.29, 1.82) is 0 Å². The minimum absolute atomic E-state index is 0.304. The fourth-order valence-corrected chi connectivity index (χ4v) is 5.76. The van der Waals surface area contributed by atoms with E-state index in [-0.39, 0.29) is 0 Å². The first-order valence-electron chi connectivity index (χ1n) is 11.5. The average molecular weight is 409 g/mol. The monoisotopic (exact) mass is 408 g/mol. The topological polar surface area (TPSA) is 26.2 Å². The molecular weight excluding hydrogens is 380 g/mol. The Morgan fingerprint density at radius 3 is 2.71 bits per heavy atom. The molecule has 0 amide bonds. The van der Waals surface area contributed by atoms with E-state index < -0.39 is 0 Å². The van der Waals surface area contributed by atoms with Gasteiger partial charge in [-0.15, -0.1) is 0 Å². The Morgan fingerprint density at radius 1 is 0.968 bits per heavy atom. The van der Waals surface area contributed by atoms with E-state index in [1.165, 1.54) is 38.6 Å². The van der Waals surface area contributed by atoms with Gasteiger partial charge in [-0.05, 0) is 73.7 Å². The van der Waals surface area contributed by atoms with Crippen LogP contribution in [-0.2, 0) is 6.54 Å². The summed E-state index contributed by atoms with van der Waals surface area (Å²) < 4.78 is 8.20. The Kier molecular flexibility index (Phi) is 4.31. The predicted molar refractivity (Wildman–Crippen MR) is 129 cm³/mol. The molecule has 0 saturated carbocycles. The van der Waals surface area contributed by atoms with Crippen molar-refractivity contribution in [3.63, 3.8) is 0 Å². The van der Waals surface area contributed by atoms with Gasteiger partial charge in [0.1, 0.15) is 5.75 Å². The van der Waals surface area contributed by atoms with E-state index in [4.69, 9.17) is 4.74 Å². The van der Waals surface area contributed by atoms with Crippen LogP contribution in [0.4, 0.5) is 5.69 Å². The zero-order valence-corrected chi connectivity index (χ0v) is 18.1. The number of anilines is 1. The van der Waals surface area contributed by atoms with Gasteiger partial charge in [0.15, 0.2) is 0 Å². The fourth-order valence-electron chi connectivity index (χ4n) is 5.76. The molecular formula is C28H28N2O. The number of hydrogen-bond acceptors (Lipinski definition) is 2. The highest BCUT2D eigenvalue weighted by molar-refractivity contribution is 6.08. The predicted octanol–water partition coefficient (Wildman–Crippen LogP) is 7.04. The van der Waals surface area contributed by atoms with Gasteiger partial charge in [0.2, 0.25) is 0 Å². The van der Waals surface area contributed by atoms with Crippen molar-refractivity contribution in [3.8, 4) is 5.75 Å². The van der Waals surface area contributed by atoms with Crippen LogP contribution < -0.4 is 10.1 Å². The van der Waals surface area contributed by atoms with Crippen LogP contribution in [0.25, 0.3) is 21.8 Å². The largest absolute Gasteiger partial charge is 0.494 e. The van der Waals surface area contributed by atoms with Gasteiger partial charge in [-0.25, -0.2) is 0 Å². The summed E-state index contributed by atoms with van der Waals surface area (Å²) in [5.74, 6) is 1.94. The maximum atomic E-state index is 5.78. The minimum atomic E-state index is 0.304. The molecule has 3 unspecified atom stereocenters. The summed E-state index contributed by atoms with van der Waals surface area (Å²) in [6.45, 7) is 5.95. The minimum Gasteiger partial charge on any atom is -0.494 e. The molecule has 3 aromatic carbocycles. The summed E-state index contributed by atoms with van der Waals surface area (Å²) in [4.78, 5) is 0. The summed E-state index contributed by atoms with van der Waals surface area (Å²) in [5, 5.41) is 6.59. The highest BCUT2D eigenvalue weighted by Gasteiger charge is 2.38. The van der Waals surface area contributed by atoms with E-state index >= 15 is 0 Å². The van der Waals surface area contributed by atoms with Crippen LogP contribution in [0.15, 0.2) is 72.8 Å². The van der Waals surface area contributed by atoms with E-state index in [9.17, 15) is 0 Å². The third-order valence-electron chi connectivity index (χ3n) is 7.12. The number of para-hydroxylation sites is 1. The molecule has 0 spiro atoms. The SMILES string of the molecule is CCOc1ccc2c(c1)C1C=CCC1C(c1ccc3c(c1)c1ccccc1n3CC)N2. The lowest BCUT2D eigenvalue weighted by Gasteiger charge is -2.37. The summed E-state index contributed by atoms with van der Waals surface area (Å²) >= 11 is 0. The standard InChI is InChI=1S/C28H28N2O/c1-3-30-26-11-6-5-8-21(26)24-16-18(12-15-27(24)30)28-22-10-7-9-20(22)23-17-19(31-4-2)13-14-25(23)29-28/h5-9,11-17,20,22,28-29H,3-4,10H2,1-2H3. The first kappa shape index (κ1) is 18.6. The first-order chi connectivity index (χ1) is 15.3. The molecule has 2 aliphatic rings. The van der Waals surface area contributed by atoms with Crippen LogP contribution in [0.2, 0.25) is 0 Å². The second kappa shape index (κ2) is 7.19. The third kappa shape index (κ3) is 2.79. The number of aryl methyl sites for hydroxylation is 1. The number of benzene rings is 3. The molecule has 0 fully saturated rings. The number of ether oxygens (including phenoxy) is 1. The number of hydrogen-bond donors (Lipinski definition) is 1. The van der Waals surface area contributed by atoms with Crippen molar-refractivity contribution in [3.05, 3.63) is 83.9 Å². The van der Waals surface area contributed by atoms with Gasteiger partial charge in [-0.2, -0.15) is 0 Å². The summed E-state index contributed by atoms with van der Waals surface area (Å²) in [6, 6.07) is 22.7. The molecule has 1 aromatic heterocycles. The molecule has 0 saturated heterocycles. The number of fused-ring (bicyclic) bond motifs is 6. The highest BCUT2D eigenvalue weighted by atomic mass is 16.5. The normalized spacial score (nSPS) is 21.8.